The van der Waals surface area contributed by atoms with Gasteiger partial charge in [0.15, 0.2) is 28.1 Å². The summed E-state index contributed by atoms with van der Waals surface area (Å²) in [6.45, 7) is 0.464. The Labute approximate surface area is 205 Å². The number of nitrogens with zero attached hydrogens (tertiary/aromatic N) is 3. The number of carbonyl (C=O) groups is 1. The zero-order chi connectivity index (χ0) is 24.8. The van der Waals surface area contributed by atoms with E-state index in [4.69, 9.17) is 14.2 Å². The molecule has 0 spiro atoms. The molecule has 10 nitrogen and oxygen atoms in total. The number of H-pyrrole nitrogens is 1. The fourth-order valence-corrected chi connectivity index (χ4v) is 4.19. The van der Waals surface area contributed by atoms with Crippen LogP contribution in [0.3, 0.4) is 0 Å². The predicted octanol–water partition coefficient (Wildman–Crippen LogP) is 2.56. The highest BCUT2D eigenvalue weighted by Crippen LogP contribution is 2.27. The summed E-state index contributed by atoms with van der Waals surface area (Å²) in [6.07, 6.45) is 0.640. The van der Waals surface area contributed by atoms with E-state index in [-0.39, 0.29) is 17.2 Å². The third-order valence-electron chi connectivity index (χ3n) is 5.19. The molecule has 2 N–H and O–H groups in total. The highest BCUT2D eigenvalue weighted by Gasteiger charge is 2.13. The van der Waals surface area contributed by atoms with Crippen LogP contribution in [0, 0.1) is 0 Å². The number of aromatic amines is 1. The molecule has 0 unspecified atom stereocenters. The largest absolute Gasteiger partial charge is 0.497 e. The molecule has 4 aromatic rings. The van der Waals surface area contributed by atoms with Gasteiger partial charge in [0.25, 0.3) is 5.56 Å². The summed E-state index contributed by atoms with van der Waals surface area (Å²) in [5.74, 6) is 2.44. The number of hydrogen-bond donors (Lipinski definition) is 2. The molecule has 1 amide bonds. The number of thioether (sulfide) groups is 1. The molecule has 0 saturated heterocycles. The Kier molecular flexibility index (Phi) is 7.56. The van der Waals surface area contributed by atoms with Crippen molar-refractivity contribution in [2.24, 2.45) is 0 Å². The van der Waals surface area contributed by atoms with Gasteiger partial charge in [-0.05, 0) is 48.4 Å². The molecule has 2 aromatic carbocycles. The minimum absolute atomic E-state index is 0.125. The molecule has 0 atom stereocenters. The molecule has 4 rings (SSSR count). The van der Waals surface area contributed by atoms with Gasteiger partial charge in [-0.15, -0.1) is 0 Å². The van der Waals surface area contributed by atoms with Gasteiger partial charge >= 0.3 is 0 Å². The molecule has 2 heterocycles. The Morgan fingerprint density at radius 3 is 2.49 bits per heavy atom. The van der Waals surface area contributed by atoms with Crippen molar-refractivity contribution in [3.63, 3.8) is 0 Å². The number of methoxy groups -OCH3 is 3. The van der Waals surface area contributed by atoms with Crippen LogP contribution in [0.1, 0.15) is 5.56 Å². The minimum Gasteiger partial charge on any atom is -0.497 e. The quantitative estimate of drug-likeness (QED) is 0.322. The second-order valence-corrected chi connectivity index (χ2v) is 8.39. The summed E-state index contributed by atoms with van der Waals surface area (Å²) in [5, 5.41) is 6.04. The van der Waals surface area contributed by atoms with Gasteiger partial charge in [0, 0.05) is 18.2 Å². The van der Waals surface area contributed by atoms with Crippen molar-refractivity contribution in [2.75, 3.05) is 33.6 Å². The average Bonchev–Trinajstić information content (AvgIpc) is 3.27. The molecule has 182 valence electrons. The lowest BCUT2D eigenvalue weighted by atomic mass is 10.1. The summed E-state index contributed by atoms with van der Waals surface area (Å²) >= 11 is 1.21. The molecule has 0 aliphatic rings. The number of ether oxygens (including phenoxy) is 3. The second kappa shape index (κ2) is 11.0. The van der Waals surface area contributed by atoms with E-state index >= 15 is 0 Å². The first kappa shape index (κ1) is 24.1. The summed E-state index contributed by atoms with van der Waals surface area (Å²) < 4.78 is 17.3. The third-order valence-corrected chi connectivity index (χ3v) is 6.13. The number of rotatable bonds is 10. The number of carbonyl (C=O) groups excluding carboxylic acids is 1. The maximum atomic E-state index is 12.5. The van der Waals surface area contributed by atoms with E-state index in [2.05, 4.69) is 20.4 Å². The molecule has 0 bridgehead atoms. The van der Waals surface area contributed by atoms with Crippen LogP contribution in [0.4, 0.5) is 0 Å². The Morgan fingerprint density at radius 2 is 1.77 bits per heavy atom. The Balaban J connectivity index is 1.41. The number of nitrogens with one attached hydrogen (secondary N) is 2. The van der Waals surface area contributed by atoms with E-state index in [1.165, 1.54) is 22.3 Å². The fourth-order valence-electron chi connectivity index (χ4n) is 3.41. The molecule has 2 aromatic heterocycles. The van der Waals surface area contributed by atoms with Crippen LogP contribution < -0.4 is 25.1 Å². The van der Waals surface area contributed by atoms with E-state index in [0.717, 1.165) is 11.1 Å². The summed E-state index contributed by atoms with van der Waals surface area (Å²) in [5.41, 5.74) is 1.91. The maximum Gasteiger partial charge on any atom is 0.266 e. The normalized spacial score (nSPS) is 10.8. The summed E-state index contributed by atoms with van der Waals surface area (Å²) in [6, 6.07) is 14.3. The van der Waals surface area contributed by atoms with Crippen LogP contribution in [0.2, 0.25) is 0 Å². The standard InChI is InChI=1S/C24H25N5O5S/c1-32-17-7-5-16(6-8-17)23-26-20-13-21(30)28-29(20)24(27-23)35-14-22(31)25-11-10-15-4-9-18(33-2)19(12-15)34-3/h4-9,12-13H,10-11,14H2,1-3H3,(H,25,31)(H,28,30). The zero-order valence-corrected chi connectivity index (χ0v) is 20.3. The van der Waals surface area contributed by atoms with E-state index in [1.54, 1.807) is 21.3 Å². The van der Waals surface area contributed by atoms with E-state index in [0.29, 0.717) is 46.8 Å². The molecule has 35 heavy (non-hydrogen) atoms. The van der Waals surface area contributed by atoms with Gasteiger partial charge in [0.05, 0.1) is 27.1 Å². The fraction of sp³-hybridized carbons (Fsp3) is 0.250. The number of benzene rings is 2. The number of aromatic nitrogens is 4. The maximum absolute atomic E-state index is 12.5. The SMILES string of the molecule is COc1ccc(-c2nc(SCC(=O)NCCc3ccc(OC)c(OC)c3)n3[nH]c(=O)cc3n2)cc1. The second-order valence-electron chi connectivity index (χ2n) is 7.45. The number of fused-ring (bicyclic) bond motifs is 1. The molecular weight excluding hydrogens is 470 g/mol. The zero-order valence-electron chi connectivity index (χ0n) is 19.5. The predicted molar refractivity (Wildman–Crippen MR) is 133 cm³/mol. The Bertz CT molecular complexity index is 1380. The van der Waals surface area contributed by atoms with Gasteiger partial charge in [0.1, 0.15) is 5.75 Å². The topological polar surface area (TPSA) is 120 Å². The molecule has 11 heteroatoms. The highest BCUT2D eigenvalue weighted by molar-refractivity contribution is 7.99. The van der Waals surface area contributed by atoms with Crippen LogP contribution in [0.5, 0.6) is 17.2 Å². The third kappa shape index (κ3) is 5.75. The highest BCUT2D eigenvalue weighted by atomic mass is 32.2. The first-order valence-corrected chi connectivity index (χ1v) is 11.7. The minimum atomic E-state index is -0.299. The van der Waals surface area contributed by atoms with Gasteiger partial charge in [0.2, 0.25) is 5.91 Å². The van der Waals surface area contributed by atoms with Gasteiger partial charge in [-0.2, -0.15) is 0 Å². The van der Waals surface area contributed by atoms with Gasteiger partial charge in [-0.1, -0.05) is 17.8 Å². The molecule has 0 saturated carbocycles. The van der Waals surface area contributed by atoms with E-state index in [9.17, 15) is 9.59 Å². The summed E-state index contributed by atoms with van der Waals surface area (Å²) in [7, 11) is 4.77. The molecule has 0 fully saturated rings. The van der Waals surface area contributed by atoms with Crippen molar-refractivity contribution in [3.05, 3.63) is 64.4 Å². The van der Waals surface area contributed by atoms with E-state index in [1.807, 2.05) is 42.5 Å². The smallest absolute Gasteiger partial charge is 0.266 e. The molecule has 0 radical (unpaired) electrons. The van der Waals surface area contributed by atoms with Gasteiger partial charge in [-0.25, -0.2) is 14.5 Å². The summed E-state index contributed by atoms with van der Waals surface area (Å²) in [4.78, 5) is 33.4. The first-order chi connectivity index (χ1) is 17.0. The lowest BCUT2D eigenvalue weighted by Crippen LogP contribution is -2.27. The van der Waals surface area contributed by atoms with Gasteiger partial charge < -0.3 is 19.5 Å². The lowest BCUT2D eigenvalue weighted by Gasteiger charge is -2.10. The monoisotopic (exact) mass is 495 g/mol. The van der Waals surface area contributed by atoms with Crippen LogP contribution in [-0.4, -0.2) is 59.1 Å². The van der Waals surface area contributed by atoms with Gasteiger partial charge in [-0.3, -0.25) is 14.7 Å². The number of amides is 1. The Morgan fingerprint density at radius 1 is 1.00 bits per heavy atom. The van der Waals surface area contributed by atoms with Crippen molar-refractivity contribution in [1.29, 1.82) is 0 Å². The van der Waals surface area contributed by atoms with Crippen molar-refractivity contribution >= 4 is 23.3 Å². The Hall–Kier alpha value is -3.99. The van der Waals surface area contributed by atoms with Crippen LogP contribution in [-0.2, 0) is 11.2 Å². The van der Waals surface area contributed by atoms with Crippen molar-refractivity contribution < 1.29 is 19.0 Å². The van der Waals surface area contributed by atoms with Crippen LogP contribution >= 0.6 is 11.8 Å². The molecular formula is C24H25N5O5S. The van der Waals surface area contributed by atoms with Crippen molar-refractivity contribution in [1.82, 2.24) is 24.9 Å². The molecule has 0 aliphatic heterocycles. The lowest BCUT2D eigenvalue weighted by molar-refractivity contribution is -0.118. The first-order valence-electron chi connectivity index (χ1n) is 10.8. The van der Waals surface area contributed by atoms with Crippen LogP contribution in [0.25, 0.3) is 17.0 Å². The molecule has 0 aliphatic carbocycles. The van der Waals surface area contributed by atoms with Crippen molar-refractivity contribution in [3.8, 4) is 28.6 Å². The average molecular weight is 496 g/mol. The van der Waals surface area contributed by atoms with Crippen molar-refractivity contribution in [2.45, 2.75) is 11.6 Å². The number of hydrogen-bond acceptors (Lipinski definition) is 8. The van der Waals surface area contributed by atoms with E-state index < -0.39 is 0 Å². The van der Waals surface area contributed by atoms with Crippen LogP contribution in [0.15, 0.2) is 58.5 Å².